The molecule has 0 radical (unpaired) electrons. The van der Waals surface area contributed by atoms with Gasteiger partial charge in [-0.2, -0.15) is 0 Å². The van der Waals surface area contributed by atoms with Crippen molar-refractivity contribution in [2.45, 2.75) is 12.6 Å². The summed E-state index contributed by atoms with van der Waals surface area (Å²) in [4.78, 5) is 29.2. The number of urea groups is 1. The Morgan fingerprint density at radius 2 is 1.62 bits per heavy atom. The topological polar surface area (TPSA) is 93.8 Å². The summed E-state index contributed by atoms with van der Waals surface area (Å²) >= 11 is 0. The number of carbonyl (C=O) groups excluding carboxylic acids is 1. The van der Waals surface area contributed by atoms with Gasteiger partial charge in [0.2, 0.25) is 0 Å². The van der Waals surface area contributed by atoms with Gasteiger partial charge >= 0.3 is 11.7 Å². The first kappa shape index (κ1) is 21.0. The van der Waals surface area contributed by atoms with Crippen LogP contribution in [0.4, 0.5) is 4.79 Å². The highest BCUT2D eigenvalue weighted by Crippen LogP contribution is 2.21. The van der Waals surface area contributed by atoms with Gasteiger partial charge in [0.1, 0.15) is 0 Å². The molecule has 2 N–H and O–H groups in total. The van der Waals surface area contributed by atoms with Crippen LogP contribution in [0.25, 0.3) is 11.4 Å². The number of benzene rings is 2. The highest BCUT2D eigenvalue weighted by molar-refractivity contribution is 5.75. The van der Waals surface area contributed by atoms with Crippen molar-refractivity contribution in [3.63, 3.8) is 0 Å². The number of hydrogen-bond acceptors (Lipinski definition) is 4. The number of pyridine rings is 1. The van der Waals surface area contributed by atoms with Gasteiger partial charge in [0.05, 0.1) is 12.6 Å². The number of nitrogens with zero attached hydrogens (tertiary/aromatic N) is 4. The third-order valence-electron chi connectivity index (χ3n) is 5.11. The van der Waals surface area contributed by atoms with E-state index < -0.39 is 0 Å². The minimum Gasteiger partial charge on any atom is -0.336 e. The minimum absolute atomic E-state index is 0.252. The fourth-order valence-electron chi connectivity index (χ4n) is 3.49. The normalized spacial score (nSPS) is 10.8. The van der Waals surface area contributed by atoms with Crippen molar-refractivity contribution in [2.75, 3.05) is 6.54 Å². The zero-order valence-electron chi connectivity index (χ0n) is 17.7. The first-order chi connectivity index (χ1) is 15.6. The highest BCUT2D eigenvalue weighted by atomic mass is 16.2. The van der Waals surface area contributed by atoms with Gasteiger partial charge in [-0.05, 0) is 23.3 Å². The molecule has 162 valence electrons. The summed E-state index contributed by atoms with van der Waals surface area (Å²) < 4.78 is 2.81. The fourth-order valence-corrected chi connectivity index (χ4v) is 3.49. The summed E-state index contributed by atoms with van der Waals surface area (Å²) in [6.07, 6.45) is 3.32. The lowest BCUT2D eigenvalue weighted by Gasteiger charge is -2.20. The maximum absolute atomic E-state index is 12.6. The molecule has 0 spiro atoms. The molecular weight excluding hydrogens is 404 g/mol. The molecule has 4 aromatic rings. The van der Waals surface area contributed by atoms with Gasteiger partial charge in [0.15, 0.2) is 5.82 Å². The second-order valence-corrected chi connectivity index (χ2v) is 7.28. The quantitative estimate of drug-likeness (QED) is 0.473. The average Bonchev–Trinajstić information content (AvgIpc) is 3.13. The molecule has 0 aliphatic rings. The number of hydrogen-bond donors (Lipinski definition) is 2. The molecule has 0 saturated heterocycles. The van der Waals surface area contributed by atoms with Gasteiger partial charge in [-0.1, -0.05) is 60.7 Å². The van der Waals surface area contributed by atoms with Crippen LogP contribution in [-0.4, -0.2) is 31.9 Å². The SMILES string of the molecule is Cn1c(-c2cccnc2)nn(CCNC(=O)NC(c2ccccc2)c2ccccc2)c1=O. The molecule has 0 atom stereocenters. The molecule has 2 aromatic carbocycles. The Kier molecular flexibility index (Phi) is 6.41. The van der Waals surface area contributed by atoms with Crippen LogP contribution in [0.2, 0.25) is 0 Å². The van der Waals surface area contributed by atoms with Crippen LogP contribution in [0, 0.1) is 0 Å². The van der Waals surface area contributed by atoms with Crippen molar-refractivity contribution in [2.24, 2.45) is 7.05 Å². The molecule has 0 bridgehead atoms. The summed E-state index contributed by atoms with van der Waals surface area (Å²) in [6, 6.07) is 22.6. The average molecular weight is 428 g/mol. The molecule has 0 aliphatic carbocycles. The van der Waals surface area contributed by atoms with Crippen molar-refractivity contribution in [1.82, 2.24) is 30.0 Å². The largest absolute Gasteiger partial charge is 0.345 e. The molecule has 0 fully saturated rings. The summed E-state index contributed by atoms with van der Waals surface area (Å²) in [5.41, 5.74) is 2.47. The predicted molar refractivity (Wildman–Crippen MR) is 122 cm³/mol. The van der Waals surface area contributed by atoms with E-state index in [-0.39, 0.29) is 30.9 Å². The van der Waals surface area contributed by atoms with E-state index in [1.54, 1.807) is 25.5 Å². The number of carbonyl (C=O) groups is 1. The third-order valence-corrected chi connectivity index (χ3v) is 5.11. The molecule has 2 aromatic heterocycles. The van der Waals surface area contributed by atoms with E-state index in [1.165, 1.54) is 9.25 Å². The van der Waals surface area contributed by atoms with Crippen LogP contribution in [0.1, 0.15) is 17.2 Å². The van der Waals surface area contributed by atoms with Crippen molar-refractivity contribution in [3.8, 4) is 11.4 Å². The molecule has 8 heteroatoms. The van der Waals surface area contributed by atoms with Crippen molar-refractivity contribution >= 4 is 6.03 Å². The van der Waals surface area contributed by atoms with Gasteiger partial charge in [-0.25, -0.2) is 14.3 Å². The Labute approximate surface area is 185 Å². The van der Waals surface area contributed by atoms with Crippen LogP contribution < -0.4 is 16.3 Å². The number of amides is 2. The highest BCUT2D eigenvalue weighted by Gasteiger charge is 2.17. The van der Waals surface area contributed by atoms with Crippen LogP contribution in [0.15, 0.2) is 90.0 Å². The molecule has 2 heterocycles. The zero-order chi connectivity index (χ0) is 22.3. The van der Waals surface area contributed by atoms with Gasteiger partial charge in [0.25, 0.3) is 0 Å². The Bertz CT molecular complexity index is 1180. The van der Waals surface area contributed by atoms with E-state index in [1.807, 2.05) is 66.7 Å². The number of rotatable bonds is 7. The van der Waals surface area contributed by atoms with Crippen molar-refractivity contribution in [1.29, 1.82) is 0 Å². The van der Waals surface area contributed by atoms with Gasteiger partial charge in [-0.15, -0.1) is 5.10 Å². The first-order valence-electron chi connectivity index (χ1n) is 10.3. The fraction of sp³-hybridized carbons (Fsp3) is 0.167. The zero-order valence-corrected chi connectivity index (χ0v) is 17.7. The van der Waals surface area contributed by atoms with Crippen LogP contribution in [0.3, 0.4) is 0 Å². The van der Waals surface area contributed by atoms with E-state index in [4.69, 9.17) is 0 Å². The lowest BCUT2D eigenvalue weighted by Crippen LogP contribution is -2.40. The smallest absolute Gasteiger partial charge is 0.336 e. The van der Waals surface area contributed by atoms with Gasteiger partial charge in [0, 0.05) is 31.5 Å². The Hall–Kier alpha value is -4.20. The molecule has 0 unspecified atom stereocenters. The van der Waals surface area contributed by atoms with E-state index in [0.29, 0.717) is 5.82 Å². The second kappa shape index (κ2) is 9.74. The van der Waals surface area contributed by atoms with Crippen LogP contribution in [-0.2, 0) is 13.6 Å². The van der Waals surface area contributed by atoms with Gasteiger partial charge < -0.3 is 10.6 Å². The molecule has 0 aliphatic heterocycles. The monoisotopic (exact) mass is 428 g/mol. The summed E-state index contributed by atoms with van der Waals surface area (Å²) in [5, 5.41) is 10.2. The lowest BCUT2D eigenvalue weighted by atomic mass is 9.99. The van der Waals surface area contributed by atoms with Gasteiger partial charge in [-0.3, -0.25) is 9.55 Å². The maximum Gasteiger partial charge on any atom is 0.345 e. The molecule has 8 nitrogen and oxygen atoms in total. The maximum atomic E-state index is 12.6. The standard InChI is InChI=1S/C24H24N6O2/c1-29-22(20-13-8-14-25-17-20)28-30(24(29)32)16-15-26-23(31)27-21(18-9-4-2-5-10-18)19-11-6-3-7-12-19/h2-14,17,21H,15-16H2,1H3,(H2,26,27,31). The summed E-state index contributed by atoms with van der Waals surface area (Å²) in [5.74, 6) is 0.528. The third kappa shape index (κ3) is 4.75. The number of nitrogens with one attached hydrogen (secondary N) is 2. The second-order valence-electron chi connectivity index (χ2n) is 7.28. The molecule has 4 rings (SSSR count). The first-order valence-corrected chi connectivity index (χ1v) is 10.3. The number of aromatic nitrogens is 4. The van der Waals surface area contributed by atoms with Crippen molar-refractivity contribution in [3.05, 3.63) is 107 Å². The molecule has 2 amide bonds. The Balaban J connectivity index is 1.41. The van der Waals surface area contributed by atoms with E-state index in [0.717, 1.165) is 16.7 Å². The molecule has 32 heavy (non-hydrogen) atoms. The molecular formula is C24H24N6O2. The Morgan fingerprint density at radius 3 is 2.22 bits per heavy atom. The summed E-state index contributed by atoms with van der Waals surface area (Å²) in [7, 11) is 1.67. The summed E-state index contributed by atoms with van der Waals surface area (Å²) in [6.45, 7) is 0.507. The minimum atomic E-state index is -0.320. The van der Waals surface area contributed by atoms with Crippen LogP contribution in [0.5, 0.6) is 0 Å². The van der Waals surface area contributed by atoms with Crippen molar-refractivity contribution < 1.29 is 4.79 Å². The predicted octanol–water partition coefficient (Wildman–Crippen LogP) is 2.73. The van der Waals surface area contributed by atoms with E-state index in [9.17, 15) is 9.59 Å². The Morgan fingerprint density at radius 1 is 0.969 bits per heavy atom. The van der Waals surface area contributed by atoms with Crippen LogP contribution >= 0.6 is 0 Å². The van der Waals surface area contributed by atoms with E-state index >= 15 is 0 Å². The molecule has 0 saturated carbocycles. The van der Waals surface area contributed by atoms with E-state index in [2.05, 4.69) is 20.7 Å². The lowest BCUT2D eigenvalue weighted by molar-refractivity contribution is 0.238.